The predicted molar refractivity (Wildman–Crippen MR) is 196 cm³/mol. The van der Waals surface area contributed by atoms with E-state index in [0.717, 1.165) is 16.5 Å². The number of hydrogen-bond donors (Lipinski definition) is 0. The predicted octanol–water partition coefficient (Wildman–Crippen LogP) is 12.4. The van der Waals surface area contributed by atoms with Crippen molar-refractivity contribution in [3.05, 3.63) is 176 Å². The smallest absolute Gasteiger partial charge is 0.0781 e. The van der Waals surface area contributed by atoms with Crippen molar-refractivity contribution in [2.24, 2.45) is 0 Å². The van der Waals surface area contributed by atoms with Crippen molar-refractivity contribution < 1.29 is 0 Å². The van der Waals surface area contributed by atoms with Crippen molar-refractivity contribution in [1.82, 2.24) is 4.98 Å². The van der Waals surface area contributed by atoms with Crippen molar-refractivity contribution in [2.75, 3.05) is 0 Å². The molecule has 0 bridgehead atoms. The number of benzene rings is 8. The van der Waals surface area contributed by atoms with Crippen LogP contribution >= 0.6 is 0 Å². The van der Waals surface area contributed by atoms with Crippen molar-refractivity contribution in [1.29, 1.82) is 0 Å². The first-order chi connectivity index (χ1) is 22.8. The molecule has 0 unspecified atom stereocenters. The largest absolute Gasteiger partial charge is 0.255 e. The maximum Gasteiger partial charge on any atom is 0.0781 e. The summed E-state index contributed by atoms with van der Waals surface area (Å²) in [6.07, 6.45) is 2.00. The van der Waals surface area contributed by atoms with Gasteiger partial charge in [-0.05, 0) is 84.1 Å². The molecule has 0 spiro atoms. The van der Waals surface area contributed by atoms with Crippen LogP contribution in [0.5, 0.6) is 0 Å². The zero-order valence-electron chi connectivity index (χ0n) is 25.2. The Morgan fingerprint density at radius 1 is 0.304 bits per heavy atom. The van der Waals surface area contributed by atoms with Crippen molar-refractivity contribution in [3.63, 3.8) is 0 Å². The molecular formula is C45H29N. The molecule has 1 heteroatoms. The van der Waals surface area contributed by atoms with E-state index in [0.29, 0.717) is 0 Å². The molecular weight excluding hydrogens is 555 g/mol. The van der Waals surface area contributed by atoms with Crippen LogP contribution in [0.3, 0.4) is 0 Å². The fourth-order valence-electron chi connectivity index (χ4n) is 7.18. The van der Waals surface area contributed by atoms with Gasteiger partial charge in [-0.1, -0.05) is 152 Å². The summed E-state index contributed by atoms with van der Waals surface area (Å²) in [5, 5.41) is 8.55. The first-order valence-electron chi connectivity index (χ1n) is 15.8. The summed E-state index contributed by atoms with van der Waals surface area (Å²) in [4.78, 5) is 5.00. The molecule has 0 aliphatic heterocycles. The van der Waals surface area contributed by atoms with Gasteiger partial charge in [-0.25, -0.2) is 0 Å². The van der Waals surface area contributed by atoms with Crippen LogP contribution in [0.25, 0.3) is 87.7 Å². The normalized spacial score (nSPS) is 11.5. The van der Waals surface area contributed by atoms with Gasteiger partial charge in [0, 0.05) is 22.5 Å². The van der Waals surface area contributed by atoms with Gasteiger partial charge in [-0.2, -0.15) is 0 Å². The molecule has 0 fully saturated rings. The second-order valence-corrected chi connectivity index (χ2v) is 11.9. The molecule has 1 aromatic heterocycles. The molecule has 46 heavy (non-hydrogen) atoms. The van der Waals surface area contributed by atoms with Crippen molar-refractivity contribution >= 4 is 43.2 Å². The molecule has 1 heterocycles. The van der Waals surface area contributed by atoms with Gasteiger partial charge >= 0.3 is 0 Å². The summed E-state index contributed by atoms with van der Waals surface area (Å²) in [5.41, 5.74) is 10.7. The fourth-order valence-corrected chi connectivity index (χ4v) is 7.18. The Bertz CT molecular complexity index is 2550. The molecule has 0 amide bonds. The number of fused-ring (bicyclic) bond motifs is 5. The first-order valence-corrected chi connectivity index (χ1v) is 15.8. The third kappa shape index (κ3) is 4.29. The summed E-state index contributed by atoms with van der Waals surface area (Å²) < 4.78 is 0. The summed E-state index contributed by atoms with van der Waals surface area (Å²) >= 11 is 0. The van der Waals surface area contributed by atoms with E-state index in [-0.39, 0.29) is 0 Å². The van der Waals surface area contributed by atoms with Gasteiger partial charge in [0.15, 0.2) is 0 Å². The van der Waals surface area contributed by atoms with E-state index in [4.69, 9.17) is 4.98 Å². The average Bonchev–Trinajstić information content (AvgIpc) is 3.14. The summed E-state index contributed by atoms with van der Waals surface area (Å²) in [5.74, 6) is 0. The second kappa shape index (κ2) is 10.8. The Labute approximate surface area is 268 Å². The molecule has 0 atom stereocenters. The molecule has 214 valence electrons. The summed E-state index contributed by atoms with van der Waals surface area (Å²) in [7, 11) is 0. The van der Waals surface area contributed by atoms with Gasteiger partial charge in [0.1, 0.15) is 0 Å². The van der Waals surface area contributed by atoms with Crippen LogP contribution in [0, 0.1) is 0 Å². The van der Waals surface area contributed by atoms with Gasteiger partial charge < -0.3 is 0 Å². The van der Waals surface area contributed by atoms with E-state index in [1.54, 1.807) is 0 Å². The second-order valence-electron chi connectivity index (χ2n) is 11.9. The minimum atomic E-state index is 1.03. The summed E-state index contributed by atoms with van der Waals surface area (Å²) in [6, 6.07) is 61.4. The van der Waals surface area contributed by atoms with Crippen LogP contribution in [0.4, 0.5) is 0 Å². The van der Waals surface area contributed by atoms with Crippen LogP contribution < -0.4 is 0 Å². The van der Waals surface area contributed by atoms with E-state index >= 15 is 0 Å². The fraction of sp³-hybridized carbons (Fsp3) is 0. The van der Waals surface area contributed by atoms with Crippen LogP contribution in [0.2, 0.25) is 0 Å². The minimum absolute atomic E-state index is 1.03. The zero-order chi connectivity index (χ0) is 30.5. The molecule has 0 N–H and O–H groups in total. The van der Waals surface area contributed by atoms with Crippen LogP contribution in [0.15, 0.2) is 176 Å². The number of pyridine rings is 1. The van der Waals surface area contributed by atoms with Crippen LogP contribution in [-0.4, -0.2) is 4.98 Å². The Kier molecular flexibility index (Phi) is 6.21. The van der Waals surface area contributed by atoms with Gasteiger partial charge in [0.2, 0.25) is 0 Å². The van der Waals surface area contributed by atoms with Crippen LogP contribution in [0.1, 0.15) is 0 Å². The Hall–Kier alpha value is -6.05. The Balaban J connectivity index is 1.38. The summed E-state index contributed by atoms with van der Waals surface area (Å²) in [6.45, 7) is 0. The number of aromatic nitrogens is 1. The molecule has 0 aliphatic rings. The minimum Gasteiger partial charge on any atom is -0.255 e. The van der Waals surface area contributed by atoms with E-state index in [2.05, 4.69) is 170 Å². The van der Waals surface area contributed by atoms with Crippen LogP contribution in [-0.2, 0) is 0 Å². The molecule has 1 nitrogen and oxygen atoms in total. The number of nitrogens with zero attached hydrogens (tertiary/aromatic N) is 1. The quantitative estimate of drug-likeness (QED) is 0.148. The highest BCUT2D eigenvalue weighted by molar-refractivity contribution is 6.22. The highest BCUT2D eigenvalue weighted by atomic mass is 14.7. The van der Waals surface area contributed by atoms with E-state index < -0.39 is 0 Å². The Morgan fingerprint density at radius 2 is 0.804 bits per heavy atom. The lowest BCUT2D eigenvalue weighted by molar-refractivity contribution is 1.42. The Morgan fingerprint density at radius 3 is 1.43 bits per heavy atom. The van der Waals surface area contributed by atoms with Crippen molar-refractivity contribution in [2.45, 2.75) is 0 Å². The van der Waals surface area contributed by atoms with E-state index in [9.17, 15) is 0 Å². The SMILES string of the molecule is c1ccc(-c2cnc3c(c2)cc(-c2ccc4c(-c5ccccc5)c5ccccc5c(-c5ccccc5)c4c2)c2ccccc23)cc1. The van der Waals surface area contributed by atoms with Gasteiger partial charge in [0.25, 0.3) is 0 Å². The highest BCUT2D eigenvalue weighted by Gasteiger charge is 2.18. The van der Waals surface area contributed by atoms with E-state index in [1.807, 2.05) is 6.20 Å². The highest BCUT2D eigenvalue weighted by Crippen LogP contribution is 2.45. The van der Waals surface area contributed by atoms with Crippen molar-refractivity contribution in [3.8, 4) is 44.5 Å². The van der Waals surface area contributed by atoms with Gasteiger partial charge in [-0.15, -0.1) is 0 Å². The molecule has 0 saturated carbocycles. The van der Waals surface area contributed by atoms with Gasteiger partial charge in [0.05, 0.1) is 5.52 Å². The van der Waals surface area contributed by atoms with E-state index in [1.165, 1.54) is 71.3 Å². The first kappa shape index (κ1) is 26.4. The molecule has 8 aromatic carbocycles. The maximum atomic E-state index is 5.00. The third-order valence-electron chi connectivity index (χ3n) is 9.26. The number of rotatable bonds is 4. The average molecular weight is 584 g/mol. The lowest BCUT2D eigenvalue weighted by Gasteiger charge is -2.19. The van der Waals surface area contributed by atoms with Gasteiger partial charge in [-0.3, -0.25) is 4.98 Å². The maximum absolute atomic E-state index is 5.00. The monoisotopic (exact) mass is 583 g/mol. The topological polar surface area (TPSA) is 12.9 Å². The lowest BCUT2D eigenvalue weighted by atomic mass is 9.84. The molecule has 0 saturated heterocycles. The molecule has 0 aliphatic carbocycles. The number of hydrogen-bond acceptors (Lipinski definition) is 1. The standard InChI is InChI=1S/C45H29N/c1-4-14-30(15-5-1)35-26-34-28-41(36-20-10-13-23-40(36)45(34)46-29-35)33-24-25-39-42(27-33)44(32-18-8-3-9-19-32)38-22-12-11-21-37(38)43(39)31-16-6-2-7-17-31/h1-29H. The molecule has 0 radical (unpaired) electrons. The molecule has 9 aromatic rings. The lowest BCUT2D eigenvalue weighted by Crippen LogP contribution is -1.92. The third-order valence-corrected chi connectivity index (χ3v) is 9.26. The molecule has 9 rings (SSSR count). The zero-order valence-corrected chi connectivity index (χ0v) is 25.2.